The number of rotatable bonds is 6. The number of nitrogens with zero attached hydrogens (tertiary/aromatic N) is 1. The van der Waals surface area contributed by atoms with Gasteiger partial charge in [-0.1, -0.05) is 24.3 Å². The standard InChI is InChI=1S/C24H29N3O3S/c1-3-31(29,30)27-11-9-19(10-12-27)23-16-26-24-8-7-21(14-22(23)24)20-6-4-5-18(13-20)15-25-17(2)28/h4-8,13-14,16,19,26H,3,9-12,15H2,1-2H3,(H,25,28). The number of aromatic amines is 1. The van der Waals surface area contributed by atoms with Crippen LogP contribution in [-0.2, 0) is 21.4 Å². The van der Waals surface area contributed by atoms with Crippen LogP contribution in [0.5, 0.6) is 0 Å². The van der Waals surface area contributed by atoms with Crippen molar-refractivity contribution in [2.24, 2.45) is 0 Å². The third-order valence-electron chi connectivity index (χ3n) is 6.17. The van der Waals surface area contributed by atoms with E-state index in [-0.39, 0.29) is 11.7 Å². The van der Waals surface area contributed by atoms with Crippen LogP contribution in [0.1, 0.15) is 43.7 Å². The summed E-state index contributed by atoms with van der Waals surface area (Å²) in [7, 11) is -3.11. The maximum absolute atomic E-state index is 12.2. The van der Waals surface area contributed by atoms with E-state index in [1.165, 1.54) is 17.9 Å². The fourth-order valence-corrected chi connectivity index (χ4v) is 5.51. The van der Waals surface area contributed by atoms with Crippen molar-refractivity contribution in [3.8, 4) is 11.1 Å². The summed E-state index contributed by atoms with van der Waals surface area (Å²) in [6.45, 7) is 4.90. The van der Waals surface area contributed by atoms with Crippen LogP contribution < -0.4 is 5.32 Å². The molecule has 0 atom stereocenters. The van der Waals surface area contributed by atoms with Gasteiger partial charge in [0.1, 0.15) is 0 Å². The number of piperidine rings is 1. The summed E-state index contributed by atoms with van der Waals surface area (Å²) in [4.78, 5) is 14.6. The number of amides is 1. The number of hydrogen-bond acceptors (Lipinski definition) is 3. The molecule has 6 nitrogen and oxygen atoms in total. The molecule has 0 bridgehead atoms. The van der Waals surface area contributed by atoms with E-state index in [0.29, 0.717) is 25.6 Å². The third-order valence-corrected chi connectivity index (χ3v) is 8.05. The largest absolute Gasteiger partial charge is 0.361 e. The Bertz CT molecular complexity index is 1190. The Morgan fingerprint density at radius 3 is 2.58 bits per heavy atom. The lowest BCUT2D eigenvalue weighted by Gasteiger charge is -2.30. The van der Waals surface area contributed by atoms with Gasteiger partial charge >= 0.3 is 0 Å². The molecule has 1 aliphatic rings. The van der Waals surface area contributed by atoms with Gasteiger partial charge < -0.3 is 10.3 Å². The molecule has 1 saturated heterocycles. The van der Waals surface area contributed by atoms with E-state index in [2.05, 4.69) is 46.8 Å². The second kappa shape index (κ2) is 8.85. The topological polar surface area (TPSA) is 82.3 Å². The summed E-state index contributed by atoms with van der Waals surface area (Å²) < 4.78 is 26.0. The van der Waals surface area contributed by atoms with E-state index in [1.807, 2.05) is 12.1 Å². The summed E-state index contributed by atoms with van der Waals surface area (Å²) >= 11 is 0. The maximum atomic E-state index is 12.2. The van der Waals surface area contributed by atoms with Gasteiger partial charge in [-0.3, -0.25) is 4.79 Å². The normalized spacial score (nSPS) is 15.9. The molecule has 0 aliphatic carbocycles. The summed E-state index contributed by atoms with van der Waals surface area (Å²) in [6, 6.07) is 14.6. The van der Waals surface area contributed by atoms with Crippen molar-refractivity contribution >= 4 is 26.8 Å². The van der Waals surface area contributed by atoms with Gasteiger partial charge in [0.25, 0.3) is 0 Å². The van der Waals surface area contributed by atoms with Crippen LogP contribution >= 0.6 is 0 Å². The van der Waals surface area contributed by atoms with Gasteiger partial charge in [0, 0.05) is 43.7 Å². The predicted molar refractivity (Wildman–Crippen MR) is 124 cm³/mol. The zero-order chi connectivity index (χ0) is 22.0. The zero-order valence-electron chi connectivity index (χ0n) is 18.0. The molecule has 1 aromatic heterocycles. The van der Waals surface area contributed by atoms with Gasteiger partial charge in [-0.05, 0) is 66.1 Å². The molecule has 1 amide bonds. The average molecular weight is 440 g/mol. The fraction of sp³-hybridized carbons (Fsp3) is 0.375. The number of carbonyl (C=O) groups excluding carboxylic acids is 1. The van der Waals surface area contributed by atoms with Gasteiger partial charge in [0.2, 0.25) is 15.9 Å². The minimum atomic E-state index is -3.11. The number of benzene rings is 2. The number of nitrogens with one attached hydrogen (secondary N) is 2. The first-order valence-electron chi connectivity index (χ1n) is 10.8. The molecule has 2 heterocycles. The van der Waals surface area contributed by atoms with Crippen molar-refractivity contribution < 1.29 is 13.2 Å². The Morgan fingerprint density at radius 2 is 1.87 bits per heavy atom. The molecule has 3 aromatic rings. The molecular weight excluding hydrogens is 410 g/mol. The first-order chi connectivity index (χ1) is 14.9. The molecular formula is C24H29N3O3S. The van der Waals surface area contributed by atoms with Crippen LogP contribution in [0.25, 0.3) is 22.0 Å². The van der Waals surface area contributed by atoms with Gasteiger partial charge in [0.05, 0.1) is 5.75 Å². The van der Waals surface area contributed by atoms with Crippen LogP contribution in [-0.4, -0.2) is 42.5 Å². The molecule has 1 aliphatic heterocycles. The fourth-order valence-electron chi connectivity index (χ4n) is 4.37. The Kier molecular flexibility index (Phi) is 6.16. The smallest absolute Gasteiger partial charge is 0.217 e. The highest BCUT2D eigenvalue weighted by Crippen LogP contribution is 2.35. The van der Waals surface area contributed by atoms with Crippen LogP contribution in [0.2, 0.25) is 0 Å². The molecule has 4 rings (SSSR count). The highest BCUT2D eigenvalue weighted by atomic mass is 32.2. The second-order valence-corrected chi connectivity index (χ2v) is 10.4. The van der Waals surface area contributed by atoms with Crippen LogP contribution in [0.15, 0.2) is 48.7 Å². The molecule has 0 radical (unpaired) electrons. The molecule has 0 saturated carbocycles. The summed E-state index contributed by atoms with van der Waals surface area (Å²) in [5.74, 6) is 0.467. The van der Waals surface area contributed by atoms with E-state index < -0.39 is 10.0 Å². The molecule has 2 aromatic carbocycles. The van der Waals surface area contributed by atoms with Crippen molar-refractivity contribution in [3.05, 3.63) is 59.8 Å². The van der Waals surface area contributed by atoms with Gasteiger partial charge in [-0.15, -0.1) is 0 Å². The van der Waals surface area contributed by atoms with Gasteiger partial charge in [-0.25, -0.2) is 12.7 Å². The number of H-pyrrole nitrogens is 1. The first kappa shape index (κ1) is 21.6. The monoisotopic (exact) mass is 439 g/mol. The Balaban J connectivity index is 1.58. The van der Waals surface area contributed by atoms with Crippen molar-refractivity contribution in [2.75, 3.05) is 18.8 Å². The van der Waals surface area contributed by atoms with Crippen LogP contribution in [0.4, 0.5) is 0 Å². The molecule has 31 heavy (non-hydrogen) atoms. The van der Waals surface area contributed by atoms with E-state index in [4.69, 9.17) is 0 Å². The minimum Gasteiger partial charge on any atom is -0.361 e. The van der Waals surface area contributed by atoms with Crippen molar-refractivity contribution in [1.82, 2.24) is 14.6 Å². The number of carbonyl (C=O) groups is 1. The molecule has 164 valence electrons. The molecule has 2 N–H and O–H groups in total. The van der Waals surface area contributed by atoms with Gasteiger partial charge in [0.15, 0.2) is 0 Å². The molecule has 7 heteroatoms. The first-order valence-corrected chi connectivity index (χ1v) is 12.4. The van der Waals surface area contributed by atoms with E-state index in [0.717, 1.165) is 35.0 Å². The van der Waals surface area contributed by atoms with E-state index in [1.54, 1.807) is 11.2 Å². The zero-order valence-corrected chi connectivity index (χ0v) is 18.8. The third kappa shape index (κ3) is 4.67. The predicted octanol–water partition coefficient (Wildman–Crippen LogP) is 4.00. The quantitative estimate of drug-likeness (QED) is 0.609. The van der Waals surface area contributed by atoms with Crippen molar-refractivity contribution in [3.63, 3.8) is 0 Å². The van der Waals surface area contributed by atoms with Crippen LogP contribution in [0, 0.1) is 0 Å². The lowest BCUT2D eigenvalue weighted by Crippen LogP contribution is -2.38. The maximum Gasteiger partial charge on any atom is 0.217 e. The lowest BCUT2D eigenvalue weighted by molar-refractivity contribution is -0.119. The number of fused-ring (bicyclic) bond motifs is 1. The summed E-state index contributed by atoms with van der Waals surface area (Å²) in [6.07, 6.45) is 3.75. The van der Waals surface area contributed by atoms with Gasteiger partial charge in [-0.2, -0.15) is 0 Å². The highest BCUT2D eigenvalue weighted by Gasteiger charge is 2.28. The highest BCUT2D eigenvalue weighted by molar-refractivity contribution is 7.89. The van der Waals surface area contributed by atoms with Crippen LogP contribution in [0.3, 0.4) is 0 Å². The number of sulfonamides is 1. The Labute approximate surface area is 183 Å². The Morgan fingerprint density at radius 1 is 1.13 bits per heavy atom. The van der Waals surface area contributed by atoms with Crippen molar-refractivity contribution in [2.45, 2.75) is 39.2 Å². The van der Waals surface area contributed by atoms with E-state index in [9.17, 15) is 13.2 Å². The summed E-state index contributed by atoms with van der Waals surface area (Å²) in [5, 5.41) is 4.04. The average Bonchev–Trinajstić information content (AvgIpc) is 3.21. The minimum absolute atomic E-state index is 0.0402. The van der Waals surface area contributed by atoms with E-state index >= 15 is 0 Å². The summed E-state index contributed by atoms with van der Waals surface area (Å²) in [5.41, 5.74) is 5.66. The Hall–Kier alpha value is -2.64. The lowest BCUT2D eigenvalue weighted by atomic mass is 9.89. The number of hydrogen-bond donors (Lipinski definition) is 2. The van der Waals surface area contributed by atoms with Crippen molar-refractivity contribution in [1.29, 1.82) is 0 Å². The second-order valence-electron chi connectivity index (χ2n) is 8.19. The molecule has 1 fully saturated rings. The SMILES string of the molecule is CCS(=O)(=O)N1CCC(c2c[nH]c3ccc(-c4cccc(CNC(C)=O)c4)cc23)CC1. The number of aromatic nitrogens is 1. The molecule has 0 unspecified atom stereocenters. The molecule has 0 spiro atoms.